The van der Waals surface area contributed by atoms with Gasteiger partial charge in [0.05, 0.1) is 58.7 Å². The van der Waals surface area contributed by atoms with Crippen molar-refractivity contribution in [1.82, 2.24) is 43.6 Å². The predicted octanol–water partition coefficient (Wildman–Crippen LogP) is 8.19. The number of methoxy groups -OCH3 is 1. The number of benzene rings is 2. The molecule has 0 atom stereocenters. The number of hydrogen-bond donors (Lipinski definition) is 1. The van der Waals surface area contributed by atoms with Crippen LogP contribution in [0.25, 0.3) is 50.2 Å². The number of ether oxygens (including phenoxy) is 2. The molecule has 314 valence electrons. The van der Waals surface area contributed by atoms with Crippen LogP contribution in [0.4, 0.5) is 5.82 Å². The molecule has 0 spiro atoms. The summed E-state index contributed by atoms with van der Waals surface area (Å²) in [5.41, 5.74) is 14.9. The molecule has 0 fully saturated rings. The molecule has 62 heavy (non-hydrogen) atoms. The van der Waals surface area contributed by atoms with Gasteiger partial charge in [-0.3, -0.25) is 24.1 Å². The number of carbonyl (C=O) groups excluding carboxylic acids is 1. The van der Waals surface area contributed by atoms with Crippen LogP contribution in [0, 0.1) is 13.8 Å². The molecule has 0 unspecified atom stereocenters. The molecule has 0 aliphatic rings. The third-order valence-electron chi connectivity index (χ3n) is 10.8. The Bertz CT molecular complexity index is 3060. The summed E-state index contributed by atoms with van der Waals surface area (Å²) in [6, 6.07) is 15.5. The third kappa shape index (κ3) is 7.75. The zero-order chi connectivity index (χ0) is 43.5. The molecular formula is C47H48N12O3. The number of allylic oxidation sites excluding steroid dienone is 2. The molecule has 6 aromatic heterocycles. The first-order chi connectivity index (χ1) is 30.2. The summed E-state index contributed by atoms with van der Waals surface area (Å²) in [6.45, 7) is 19.0. The van der Waals surface area contributed by atoms with Crippen LogP contribution in [0.1, 0.15) is 58.2 Å². The van der Waals surface area contributed by atoms with Crippen molar-refractivity contribution >= 4 is 63.4 Å². The van der Waals surface area contributed by atoms with Gasteiger partial charge in [-0.2, -0.15) is 10.2 Å². The highest BCUT2D eigenvalue weighted by Gasteiger charge is 2.22. The summed E-state index contributed by atoms with van der Waals surface area (Å²) in [5, 5.41) is 11.9. The molecule has 0 aliphatic carbocycles. The van der Waals surface area contributed by atoms with E-state index in [1.54, 1.807) is 43.9 Å². The number of aryl methyl sites for hydroxylation is 4. The Labute approximate surface area is 358 Å². The number of rotatable bonds is 17. The van der Waals surface area contributed by atoms with E-state index < -0.39 is 5.91 Å². The van der Waals surface area contributed by atoms with Crippen LogP contribution in [0.2, 0.25) is 0 Å². The van der Waals surface area contributed by atoms with Crippen molar-refractivity contribution in [2.45, 2.75) is 67.0 Å². The summed E-state index contributed by atoms with van der Waals surface area (Å²) in [7, 11) is 1.57. The summed E-state index contributed by atoms with van der Waals surface area (Å²) in [6.07, 6.45) is 13.1. The van der Waals surface area contributed by atoms with Crippen LogP contribution < -0.4 is 15.2 Å². The summed E-state index contributed by atoms with van der Waals surface area (Å²) < 4.78 is 20.5. The van der Waals surface area contributed by atoms with Gasteiger partial charge in [0.15, 0.2) is 5.82 Å². The Balaban J connectivity index is 1.23. The van der Waals surface area contributed by atoms with Gasteiger partial charge in [0, 0.05) is 78.3 Å². The van der Waals surface area contributed by atoms with Crippen LogP contribution in [0.3, 0.4) is 0 Å². The number of amides is 1. The average molecular weight is 829 g/mol. The van der Waals surface area contributed by atoms with E-state index in [0.29, 0.717) is 65.8 Å². The number of nitrogens with two attached hydrogens (primary N) is 1. The van der Waals surface area contributed by atoms with Gasteiger partial charge >= 0.3 is 0 Å². The van der Waals surface area contributed by atoms with Crippen molar-refractivity contribution < 1.29 is 14.3 Å². The molecule has 2 N–H and O–H groups in total. The number of carbonyl (C=O) groups is 1. The van der Waals surface area contributed by atoms with Gasteiger partial charge in [-0.05, 0) is 88.5 Å². The second-order valence-electron chi connectivity index (χ2n) is 14.7. The van der Waals surface area contributed by atoms with Crippen LogP contribution in [-0.2, 0) is 39.3 Å². The van der Waals surface area contributed by atoms with Gasteiger partial charge in [0.25, 0.3) is 0 Å². The second kappa shape index (κ2) is 17.5. The molecule has 1 amide bonds. The largest absolute Gasteiger partial charge is 0.495 e. The smallest absolute Gasteiger partial charge is 0.248 e. The summed E-state index contributed by atoms with van der Waals surface area (Å²) >= 11 is 0. The van der Waals surface area contributed by atoms with Gasteiger partial charge in [0.1, 0.15) is 23.9 Å². The van der Waals surface area contributed by atoms with E-state index in [0.717, 1.165) is 67.9 Å². The number of hydrogen-bond acceptors (Lipinski definition) is 10. The zero-order valence-corrected chi connectivity index (χ0v) is 35.5. The van der Waals surface area contributed by atoms with Gasteiger partial charge in [0.2, 0.25) is 5.91 Å². The van der Waals surface area contributed by atoms with Gasteiger partial charge in [-0.15, -0.1) is 0 Å². The number of nitrogens with zero attached hydrogens (tertiary/aromatic N) is 11. The SMILES string of the molecule is C=Cc1cc(OCc2ncccn2)c2c(c1)c1cnc(-c3cc(C)nn3CC)cc1n2C/C=C/Cn1c(N=C)c(C=NCc2cc(C)nn2CC)c2cc(C(N)=O)cc(OC)c21. The molecule has 15 nitrogen and oxygen atoms in total. The highest BCUT2D eigenvalue weighted by atomic mass is 16.5. The summed E-state index contributed by atoms with van der Waals surface area (Å²) in [5.74, 6) is 1.70. The Morgan fingerprint density at radius 2 is 1.58 bits per heavy atom. The Morgan fingerprint density at radius 3 is 2.29 bits per heavy atom. The topological polar surface area (TPSA) is 170 Å². The van der Waals surface area contributed by atoms with Crippen LogP contribution >= 0.6 is 0 Å². The molecule has 8 aromatic rings. The molecule has 0 radical (unpaired) electrons. The molecular weight excluding hydrogens is 781 g/mol. The first-order valence-electron chi connectivity index (χ1n) is 20.4. The van der Waals surface area contributed by atoms with E-state index in [1.165, 1.54) is 0 Å². The van der Waals surface area contributed by atoms with Gasteiger partial charge in [-0.1, -0.05) is 24.8 Å². The minimum absolute atomic E-state index is 0.178. The summed E-state index contributed by atoms with van der Waals surface area (Å²) in [4.78, 5) is 35.6. The number of fused-ring (bicyclic) bond motifs is 4. The number of primary amides is 1. The van der Waals surface area contributed by atoms with Crippen LogP contribution in [0.15, 0.2) is 95.8 Å². The monoisotopic (exact) mass is 828 g/mol. The van der Waals surface area contributed by atoms with Crippen molar-refractivity contribution in [3.05, 3.63) is 125 Å². The van der Waals surface area contributed by atoms with Crippen molar-refractivity contribution in [2.75, 3.05) is 7.11 Å². The number of pyridine rings is 1. The van der Waals surface area contributed by atoms with E-state index in [9.17, 15) is 4.79 Å². The van der Waals surface area contributed by atoms with Crippen molar-refractivity contribution in [3.8, 4) is 22.9 Å². The highest BCUT2D eigenvalue weighted by Crippen LogP contribution is 2.40. The average Bonchev–Trinajstić information content (AvgIpc) is 4.03. The fraction of sp³-hybridized carbons (Fsp3) is 0.234. The maximum absolute atomic E-state index is 12.5. The minimum Gasteiger partial charge on any atom is -0.495 e. The van der Waals surface area contributed by atoms with Gasteiger partial charge in [-0.25, -0.2) is 15.0 Å². The quantitative estimate of drug-likeness (QED) is 0.0708. The lowest BCUT2D eigenvalue weighted by atomic mass is 10.1. The Morgan fingerprint density at radius 1 is 0.855 bits per heavy atom. The lowest BCUT2D eigenvalue weighted by molar-refractivity contribution is 0.1000. The normalized spacial score (nSPS) is 11.8. The van der Waals surface area contributed by atoms with Crippen molar-refractivity contribution in [1.29, 1.82) is 0 Å². The van der Waals surface area contributed by atoms with Crippen LogP contribution in [0.5, 0.6) is 11.5 Å². The Kier molecular flexibility index (Phi) is 11.6. The maximum Gasteiger partial charge on any atom is 0.248 e. The molecule has 8 rings (SSSR count). The van der Waals surface area contributed by atoms with E-state index in [1.807, 2.05) is 59.1 Å². The second-order valence-corrected chi connectivity index (χ2v) is 14.7. The molecule has 0 saturated carbocycles. The Hall–Kier alpha value is -7.68. The van der Waals surface area contributed by atoms with Crippen molar-refractivity contribution in [3.63, 3.8) is 0 Å². The van der Waals surface area contributed by atoms with Gasteiger partial charge < -0.3 is 24.3 Å². The predicted molar refractivity (Wildman–Crippen MR) is 245 cm³/mol. The highest BCUT2D eigenvalue weighted by molar-refractivity contribution is 6.11. The first-order valence-corrected chi connectivity index (χ1v) is 20.4. The fourth-order valence-corrected chi connectivity index (χ4v) is 8.03. The lowest BCUT2D eigenvalue weighted by Crippen LogP contribution is -2.11. The fourth-order valence-electron chi connectivity index (χ4n) is 8.03. The lowest BCUT2D eigenvalue weighted by Gasteiger charge is -2.12. The van der Waals surface area contributed by atoms with E-state index in [2.05, 4.69) is 80.3 Å². The third-order valence-corrected chi connectivity index (χ3v) is 10.8. The first kappa shape index (κ1) is 41.1. The standard InChI is InChI=1S/C47H48N12O3/c1-8-31-20-34-36-27-53-38(40-19-30(5)55-59(40)10-3)24-39(36)56(45(34)42(21-31)62-28-43-51-14-13-15-52-43)16-11-12-17-57-44-35(22-32(46(48)60)23-41(44)61-7)37(47(57)49-6)26-50-25-33-18-29(4)54-58(33)9-2/h8,11-15,18-24,26-27H,1,6,9-10,16-17,25,28H2,2-5,7H3,(H2,48,60)/b12-11+,50-26?. The number of aliphatic imine (C=N–C) groups is 2. The molecule has 15 heteroatoms. The maximum atomic E-state index is 12.5. The van der Waals surface area contributed by atoms with E-state index in [4.69, 9.17) is 25.2 Å². The molecule has 0 saturated heterocycles. The zero-order valence-electron chi connectivity index (χ0n) is 35.5. The minimum atomic E-state index is -0.574. The molecule has 2 aromatic carbocycles. The molecule has 0 aliphatic heterocycles. The number of aromatic nitrogens is 9. The molecule has 0 bridgehead atoms. The molecule has 6 heterocycles. The van der Waals surface area contributed by atoms with Crippen LogP contribution in [-0.4, -0.2) is 69.6 Å². The van der Waals surface area contributed by atoms with Crippen molar-refractivity contribution in [2.24, 2.45) is 15.7 Å². The van der Waals surface area contributed by atoms with E-state index >= 15 is 0 Å². The van der Waals surface area contributed by atoms with E-state index in [-0.39, 0.29) is 6.61 Å².